The Bertz CT molecular complexity index is 673. The molecule has 0 spiro atoms. The summed E-state index contributed by atoms with van der Waals surface area (Å²) in [5.41, 5.74) is 1.48. The molecule has 1 heterocycles. The average Bonchev–Trinajstić information content (AvgIpc) is 2.67. The molecule has 2 heteroatoms. The summed E-state index contributed by atoms with van der Waals surface area (Å²) >= 11 is 0. The summed E-state index contributed by atoms with van der Waals surface area (Å²) in [7, 11) is 0. The van der Waals surface area contributed by atoms with Crippen LogP contribution in [0.25, 0.3) is 6.08 Å². The van der Waals surface area contributed by atoms with Crippen molar-refractivity contribution >= 4 is 11.9 Å². The fraction of sp³-hybridized carbons (Fsp3) is 0.211. The lowest BCUT2D eigenvalue weighted by atomic mass is 9.85. The Hall–Kier alpha value is -2.35. The maximum Gasteiger partial charge on any atom is 0.144 e. The van der Waals surface area contributed by atoms with E-state index in [2.05, 4.69) is 12.2 Å². The zero-order chi connectivity index (χ0) is 14.7. The lowest BCUT2D eigenvalue weighted by Crippen LogP contribution is -2.34. The van der Waals surface area contributed by atoms with Crippen LogP contribution in [0.4, 0.5) is 0 Å². The number of carbonyl (C=O) groups is 1. The summed E-state index contributed by atoms with van der Waals surface area (Å²) in [5.74, 6) is 0.961. The molecule has 2 aromatic carbocycles. The zero-order valence-electron chi connectivity index (χ0n) is 12.1. The number of fused-ring (bicyclic) bond motifs is 1. The molecule has 1 aliphatic rings. The van der Waals surface area contributed by atoms with Crippen LogP contribution in [0.3, 0.4) is 0 Å². The molecule has 0 aromatic heterocycles. The Morgan fingerprint density at radius 3 is 2.57 bits per heavy atom. The Morgan fingerprint density at radius 1 is 1.10 bits per heavy atom. The van der Waals surface area contributed by atoms with Crippen molar-refractivity contribution in [1.29, 1.82) is 0 Å². The fourth-order valence-electron chi connectivity index (χ4n) is 2.87. The number of carbonyl (C=O) groups excluding carboxylic acids is 1. The molecule has 1 atom stereocenters. The second kappa shape index (κ2) is 5.57. The van der Waals surface area contributed by atoms with E-state index in [-0.39, 0.29) is 5.78 Å². The van der Waals surface area contributed by atoms with Gasteiger partial charge in [0.2, 0.25) is 0 Å². The van der Waals surface area contributed by atoms with E-state index in [1.807, 2.05) is 54.6 Å². The molecule has 0 aliphatic carbocycles. The van der Waals surface area contributed by atoms with E-state index in [0.29, 0.717) is 12.8 Å². The highest BCUT2D eigenvalue weighted by Crippen LogP contribution is 2.39. The van der Waals surface area contributed by atoms with Crippen LogP contribution in [0.2, 0.25) is 0 Å². The van der Waals surface area contributed by atoms with Crippen molar-refractivity contribution in [2.45, 2.75) is 25.4 Å². The van der Waals surface area contributed by atoms with Crippen molar-refractivity contribution in [1.82, 2.24) is 0 Å². The van der Waals surface area contributed by atoms with Gasteiger partial charge in [-0.15, -0.1) is 0 Å². The van der Waals surface area contributed by atoms with E-state index in [1.54, 1.807) is 6.92 Å². The van der Waals surface area contributed by atoms with Gasteiger partial charge in [0.05, 0.1) is 6.42 Å². The van der Waals surface area contributed by atoms with E-state index in [1.165, 1.54) is 0 Å². The first-order valence-corrected chi connectivity index (χ1v) is 7.19. The smallest absolute Gasteiger partial charge is 0.144 e. The second-order valence-electron chi connectivity index (χ2n) is 5.49. The van der Waals surface area contributed by atoms with Gasteiger partial charge in [-0.05, 0) is 18.6 Å². The first-order valence-electron chi connectivity index (χ1n) is 7.19. The third-order valence-electron chi connectivity index (χ3n) is 3.80. The molecule has 0 saturated carbocycles. The van der Waals surface area contributed by atoms with Crippen LogP contribution in [0.1, 0.15) is 30.9 Å². The highest BCUT2D eigenvalue weighted by atomic mass is 16.5. The summed E-state index contributed by atoms with van der Waals surface area (Å²) in [6.45, 7) is 1.62. The summed E-state index contributed by atoms with van der Waals surface area (Å²) in [6, 6.07) is 18.0. The normalized spacial score (nSPS) is 20.2. The van der Waals surface area contributed by atoms with Gasteiger partial charge < -0.3 is 4.74 Å². The van der Waals surface area contributed by atoms with E-state index in [4.69, 9.17) is 4.74 Å². The summed E-state index contributed by atoms with van der Waals surface area (Å²) in [4.78, 5) is 11.8. The van der Waals surface area contributed by atoms with Gasteiger partial charge in [-0.1, -0.05) is 60.7 Å². The monoisotopic (exact) mass is 278 g/mol. The molecular formula is C19H18O2. The molecular weight excluding hydrogens is 260 g/mol. The van der Waals surface area contributed by atoms with Crippen LogP contribution in [-0.2, 0) is 10.4 Å². The van der Waals surface area contributed by atoms with Crippen molar-refractivity contribution in [2.75, 3.05) is 0 Å². The van der Waals surface area contributed by atoms with Crippen LogP contribution in [0.5, 0.6) is 5.75 Å². The number of hydrogen-bond donors (Lipinski definition) is 0. The Morgan fingerprint density at radius 2 is 1.81 bits per heavy atom. The molecule has 2 nitrogen and oxygen atoms in total. The predicted octanol–water partition coefficient (Wildman–Crippen LogP) is 4.36. The van der Waals surface area contributed by atoms with Crippen LogP contribution in [0, 0.1) is 0 Å². The third-order valence-corrected chi connectivity index (χ3v) is 3.80. The molecule has 0 fully saturated rings. The van der Waals surface area contributed by atoms with Gasteiger partial charge in [0.25, 0.3) is 0 Å². The first kappa shape index (κ1) is 13.6. The number of benzene rings is 2. The second-order valence-corrected chi connectivity index (χ2v) is 5.49. The first-order chi connectivity index (χ1) is 10.2. The number of ketones is 1. The van der Waals surface area contributed by atoms with Gasteiger partial charge in [0, 0.05) is 12.0 Å². The largest absolute Gasteiger partial charge is 0.481 e. The number of rotatable bonds is 3. The molecule has 3 rings (SSSR count). The molecule has 2 aromatic rings. The van der Waals surface area contributed by atoms with Gasteiger partial charge in [0.1, 0.15) is 17.1 Å². The van der Waals surface area contributed by atoms with E-state index >= 15 is 0 Å². The molecule has 0 N–H and O–H groups in total. The highest BCUT2D eigenvalue weighted by molar-refractivity contribution is 5.77. The minimum atomic E-state index is -0.615. The SMILES string of the molecule is CC(=O)CC1(c2ccccc2)CC=Cc2ccccc2O1. The lowest BCUT2D eigenvalue weighted by Gasteiger charge is -2.33. The highest BCUT2D eigenvalue weighted by Gasteiger charge is 2.36. The Kier molecular flexibility index (Phi) is 3.61. The average molecular weight is 278 g/mol. The third kappa shape index (κ3) is 2.75. The van der Waals surface area contributed by atoms with E-state index in [9.17, 15) is 4.79 Å². The minimum Gasteiger partial charge on any atom is -0.481 e. The molecule has 1 unspecified atom stereocenters. The maximum absolute atomic E-state index is 11.8. The molecule has 0 bridgehead atoms. The quantitative estimate of drug-likeness (QED) is 0.834. The van der Waals surface area contributed by atoms with Crippen molar-refractivity contribution in [2.24, 2.45) is 0 Å². The number of ether oxygens (including phenoxy) is 1. The molecule has 1 aliphatic heterocycles. The number of hydrogen-bond acceptors (Lipinski definition) is 2. The zero-order valence-corrected chi connectivity index (χ0v) is 12.1. The van der Waals surface area contributed by atoms with E-state index in [0.717, 1.165) is 16.9 Å². The van der Waals surface area contributed by atoms with Crippen LogP contribution in [-0.4, -0.2) is 5.78 Å². The Balaban J connectivity index is 2.09. The van der Waals surface area contributed by atoms with Crippen molar-refractivity contribution < 1.29 is 9.53 Å². The Labute approximate surface area is 125 Å². The fourth-order valence-corrected chi connectivity index (χ4v) is 2.87. The summed E-state index contributed by atoms with van der Waals surface area (Å²) < 4.78 is 6.36. The number of para-hydroxylation sites is 1. The van der Waals surface area contributed by atoms with Crippen molar-refractivity contribution in [3.8, 4) is 5.75 Å². The summed E-state index contributed by atoms with van der Waals surface area (Å²) in [6.07, 6.45) is 5.23. The van der Waals surface area contributed by atoms with Crippen molar-refractivity contribution in [3.63, 3.8) is 0 Å². The van der Waals surface area contributed by atoms with Crippen LogP contribution < -0.4 is 4.74 Å². The van der Waals surface area contributed by atoms with E-state index < -0.39 is 5.60 Å². The maximum atomic E-state index is 11.8. The summed E-state index contributed by atoms with van der Waals surface area (Å²) in [5, 5.41) is 0. The predicted molar refractivity (Wildman–Crippen MR) is 84.1 cm³/mol. The topological polar surface area (TPSA) is 26.3 Å². The molecule has 0 saturated heterocycles. The minimum absolute atomic E-state index is 0.131. The number of Topliss-reactive ketones (excluding diaryl/α,β-unsaturated/α-hetero) is 1. The molecule has 21 heavy (non-hydrogen) atoms. The van der Waals surface area contributed by atoms with Gasteiger partial charge in [-0.2, -0.15) is 0 Å². The van der Waals surface area contributed by atoms with Gasteiger partial charge in [-0.3, -0.25) is 4.79 Å². The molecule has 0 amide bonds. The van der Waals surface area contributed by atoms with Gasteiger partial charge in [0.15, 0.2) is 0 Å². The lowest BCUT2D eigenvalue weighted by molar-refractivity contribution is -0.121. The standard InChI is InChI=1S/C19H18O2/c1-15(20)14-19(17-10-3-2-4-11-17)13-7-9-16-8-5-6-12-18(16)21-19/h2-12H,13-14H2,1H3. The molecule has 106 valence electrons. The van der Waals surface area contributed by atoms with Crippen molar-refractivity contribution in [3.05, 3.63) is 71.8 Å². The van der Waals surface area contributed by atoms with Crippen LogP contribution >= 0.6 is 0 Å². The molecule has 0 radical (unpaired) electrons. The van der Waals surface area contributed by atoms with Crippen LogP contribution in [0.15, 0.2) is 60.7 Å². The van der Waals surface area contributed by atoms with Gasteiger partial charge in [-0.25, -0.2) is 0 Å². The van der Waals surface area contributed by atoms with Gasteiger partial charge >= 0.3 is 0 Å².